The second-order valence-corrected chi connectivity index (χ2v) is 18.6. The Labute approximate surface area is 384 Å². The maximum atomic E-state index is 16.8. The molecule has 19 heteroatoms. The van der Waals surface area contributed by atoms with E-state index >= 15 is 4.39 Å². The summed E-state index contributed by atoms with van der Waals surface area (Å²) in [5, 5.41) is 6.23. The highest BCUT2D eigenvalue weighted by Gasteiger charge is 2.40. The molecule has 4 amide bonds. The average molecular weight is 921 g/mol. The minimum atomic E-state index is -0.773. The van der Waals surface area contributed by atoms with Gasteiger partial charge in [-0.25, -0.2) is 23.9 Å². The first-order chi connectivity index (χ1) is 31.7. The van der Waals surface area contributed by atoms with E-state index in [1.54, 1.807) is 22.2 Å². The third-order valence-electron chi connectivity index (χ3n) is 12.8. The number of imidazole rings is 2. The molecule has 66 heavy (non-hydrogen) atoms. The number of aromatic nitrogens is 6. The summed E-state index contributed by atoms with van der Waals surface area (Å²) >= 11 is 1.33. The molecule has 0 saturated carbocycles. The molecule has 4 N–H and O–H groups in total. The number of rotatable bonds is 11. The van der Waals surface area contributed by atoms with E-state index in [2.05, 4.69) is 30.0 Å². The smallest absolute Gasteiger partial charge is 0.407 e. The summed E-state index contributed by atoms with van der Waals surface area (Å²) in [7, 11) is 2.54. The highest BCUT2D eigenvalue weighted by atomic mass is 32.1. The first-order valence-corrected chi connectivity index (χ1v) is 23.0. The number of halogens is 1. The normalized spacial score (nSPS) is 18.8. The Bertz CT molecular complexity index is 2830. The third kappa shape index (κ3) is 8.13. The lowest BCUT2D eigenvalue weighted by atomic mass is 10.0. The zero-order valence-electron chi connectivity index (χ0n) is 37.8. The molecule has 346 valence electrons. The van der Waals surface area contributed by atoms with E-state index in [1.807, 2.05) is 75.6 Å². The number of hydrogen-bond acceptors (Lipinski definition) is 11. The van der Waals surface area contributed by atoms with Crippen LogP contribution in [0.4, 0.5) is 14.0 Å². The number of aryl methyl sites for hydroxylation is 1. The Morgan fingerprint density at radius 3 is 1.91 bits per heavy atom. The van der Waals surface area contributed by atoms with E-state index < -0.39 is 36.3 Å². The number of methoxy groups -OCH3 is 2. The predicted molar refractivity (Wildman–Crippen MR) is 244 cm³/mol. The van der Waals surface area contributed by atoms with Crippen molar-refractivity contribution in [1.82, 2.24) is 49.3 Å². The molecule has 0 aliphatic carbocycles. The monoisotopic (exact) mass is 920 g/mol. The van der Waals surface area contributed by atoms with Crippen molar-refractivity contribution in [3.63, 3.8) is 0 Å². The summed E-state index contributed by atoms with van der Waals surface area (Å²) in [5.74, 6) is 0.353. The molecule has 2 aromatic carbocycles. The predicted octanol–water partition coefficient (Wildman–Crippen LogP) is 8.02. The van der Waals surface area contributed by atoms with E-state index in [0.717, 1.165) is 52.0 Å². The largest absolute Gasteiger partial charge is 0.464 e. The molecule has 5 atom stereocenters. The number of likely N-dealkylation sites (tertiary alicyclic amines) is 2. The van der Waals surface area contributed by atoms with Crippen molar-refractivity contribution in [3.05, 3.63) is 82.9 Å². The van der Waals surface area contributed by atoms with Crippen molar-refractivity contribution in [2.45, 2.75) is 90.7 Å². The molecule has 6 aromatic rings. The number of benzene rings is 2. The molecule has 4 aromatic heterocycles. The van der Waals surface area contributed by atoms with E-state index in [9.17, 15) is 19.2 Å². The van der Waals surface area contributed by atoms with Crippen LogP contribution in [-0.4, -0.2) is 102 Å². The van der Waals surface area contributed by atoms with Crippen LogP contribution in [0.2, 0.25) is 0 Å². The quantitative estimate of drug-likeness (QED) is 0.0986. The molecule has 3 aliphatic rings. The highest BCUT2D eigenvalue weighted by Crippen LogP contribution is 2.48. The molecule has 3 aliphatic heterocycles. The van der Waals surface area contributed by atoms with Gasteiger partial charge in [0.1, 0.15) is 35.3 Å². The van der Waals surface area contributed by atoms with E-state index in [0.29, 0.717) is 59.4 Å². The van der Waals surface area contributed by atoms with Gasteiger partial charge in [0.2, 0.25) is 18.0 Å². The van der Waals surface area contributed by atoms with Gasteiger partial charge in [0.05, 0.1) is 77.4 Å². The minimum Gasteiger partial charge on any atom is -0.464 e. The van der Waals surface area contributed by atoms with Gasteiger partial charge in [-0.3, -0.25) is 14.2 Å². The Morgan fingerprint density at radius 2 is 1.38 bits per heavy atom. The zero-order chi connectivity index (χ0) is 46.6. The van der Waals surface area contributed by atoms with Crippen molar-refractivity contribution in [3.8, 4) is 39.5 Å². The zero-order valence-corrected chi connectivity index (χ0v) is 38.6. The Hall–Kier alpha value is -6.76. The van der Waals surface area contributed by atoms with Gasteiger partial charge in [0, 0.05) is 29.6 Å². The summed E-state index contributed by atoms with van der Waals surface area (Å²) < 4.78 is 39.7. The standard InChI is InChI=1S/C47H53FN10O7S/c1-23(2)39(53-46(61)63-6)43(59)56-14-8-10-33(56)41-49-21-30(51-41)26-12-13-32-28(17-26)19-35-38-29(48)18-27(20-36(38)65-45(58(32)35)37-16-25(5)55-66-37)31-22-50-42(52-31)34-11-9-15-57(34)44(60)40(24(3)4)54-47(62)64-7/h12-13,16-24,33-34,39-40,45H,8-11,14-15H2,1-7H3,(H,49,51)(H,50,52)(H,53,61)(H,54,62)/t33-,34-,39?,40?,45?/m0/s1. The van der Waals surface area contributed by atoms with Gasteiger partial charge in [-0.05, 0) is 92.4 Å². The van der Waals surface area contributed by atoms with Crippen LogP contribution >= 0.6 is 11.5 Å². The van der Waals surface area contributed by atoms with E-state index in [1.165, 1.54) is 31.8 Å². The van der Waals surface area contributed by atoms with Crippen molar-refractivity contribution >= 4 is 46.4 Å². The minimum absolute atomic E-state index is 0.154. The van der Waals surface area contributed by atoms with E-state index in [4.69, 9.17) is 19.2 Å². The van der Waals surface area contributed by atoms with Crippen molar-refractivity contribution in [1.29, 1.82) is 0 Å². The second kappa shape index (κ2) is 17.9. The van der Waals surface area contributed by atoms with Crippen LogP contribution in [0.15, 0.2) is 54.9 Å². The van der Waals surface area contributed by atoms with Crippen LogP contribution in [0.25, 0.3) is 44.7 Å². The van der Waals surface area contributed by atoms with Crippen LogP contribution in [0.5, 0.6) is 5.75 Å². The Kier molecular flexibility index (Phi) is 12.1. The fraction of sp³-hybridized carbons (Fsp3) is 0.426. The van der Waals surface area contributed by atoms with Gasteiger partial charge >= 0.3 is 12.2 Å². The molecule has 0 bridgehead atoms. The second-order valence-electron chi connectivity index (χ2n) is 17.8. The Balaban J connectivity index is 1.02. The van der Waals surface area contributed by atoms with Crippen LogP contribution in [0.3, 0.4) is 0 Å². The van der Waals surface area contributed by atoms with Gasteiger partial charge in [-0.2, -0.15) is 4.37 Å². The Morgan fingerprint density at radius 1 is 0.803 bits per heavy atom. The van der Waals surface area contributed by atoms with Gasteiger partial charge in [-0.15, -0.1) is 0 Å². The number of nitrogens with zero attached hydrogens (tertiary/aromatic N) is 6. The topological polar surface area (TPSA) is 202 Å². The maximum absolute atomic E-state index is 16.8. The fourth-order valence-electron chi connectivity index (χ4n) is 9.48. The van der Waals surface area contributed by atoms with Gasteiger partial charge < -0.3 is 44.6 Å². The van der Waals surface area contributed by atoms with Gasteiger partial charge in [-0.1, -0.05) is 33.8 Å². The highest BCUT2D eigenvalue weighted by molar-refractivity contribution is 7.05. The molecule has 7 heterocycles. The molecule has 0 spiro atoms. The number of H-pyrrole nitrogens is 2. The molecule has 17 nitrogen and oxygen atoms in total. The number of alkyl carbamates (subject to hydrolysis) is 2. The number of fused-ring (bicyclic) bond motifs is 5. The molecule has 9 rings (SSSR count). The van der Waals surface area contributed by atoms with Crippen LogP contribution in [-0.2, 0) is 19.1 Å². The summed E-state index contributed by atoms with van der Waals surface area (Å²) in [6.45, 7) is 10.5. The molecule has 2 saturated heterocycles. The fourth-order valence-corrected chi connectivity index (χ4v) is 10.2. The molecule has 0 radical (unpaired) electrons. The summed E-state index contributed by atoms with van der Waals surface area (Å²) in [6, 6.07) is 11.1. The molecule has 3 unspecified atom stereocenters. The SMILES string of the molecule is COC(=O)NC(C(=O)N1CCC[C@H]1c1ncc(-c2cc(F)c3c(c2)OC(c2cc(C)ns2)n2c-3cc3cc(-c4cnc([C@@H]5CCCN5C(=O)C(NC(=O)OC)C(C)C)[nH]4)ccc32)[nH]1)C(C)C. The van der Waals surface area contributed by atoms with Gasteiger partial charge in [0.25, 0.3) is 0 Å². The number of carbonyl (C=O) groups is 4. The average Bonchev–Trinajstić information content (AvgIpc) is 4.16. The lowest BCUT2D eigenvalue weighted by Gasteiger charge is -2.30. The first kappa shape index (κ1) is 44.4. The van der Waals surface area contributed by atoms with Crippen molar-refractivity contribution in [2.24, 2.45) is 11.8 Å². The first-order valence-electron chi connectivity index (χ1n) is 22.2. The lowest BCUT2D eigenvalue weighted by molar-refractivity contribution is -0.136. The number of aromatic amines is 2. The number of carbonyl (C=O) groups excluding carboxylic acids is 4. The number of hydrogen-bond donors (Lipinski definition) is 4. The van der Waals surface area contributed by atoms with E-state index in [-0.39, 0.29) is 35.7 Å². The summed E-state index contributed by atoms with van der Waals surface area (Å²) in [4.78, 5) is 72.3. The third-order valence-corrected chi connectivity index (χ3v) is 13.7. The summed E-state index contributed by atoms with van der Waals surface area (Å²) in [5.41, 5.74) is 5.32. The lowest BCUT2D eigenvalue weighted by Crippen LogP contribution is -2.51. The maximum Gasteiger partial charge on any atom is 0.407 e. The molecular formula is C47H53FN10O7S. The number of ether oxygens (including phenoxy) is 3. The van der Waals surface area contributed by atoms with Crippen LogP contribution < -0.4 is 15.4 Å². The van der Waals surface area contributed by atoms with Crippen molar-refractivity contribution < 1.29 is 37.8 Å². The summed E-state index contributed by atoms with van der Waals surface area (Å²) in [6.07, 6.45) is 4.37. The number of nitrogens with one attached hydrogen (secondary N) is 4. The molecular weight excluding hydrogens is 868 g/mol. The van der Waals surface area contributed by atoms with Crippen LogP contribution in [0, 0.1) is 24.6 Å². The van der Waals surface area contributed by atoms with Crippen LogP contribution in [0.1, 0.15) is 93.9 Å². The van der Waals surface area contributed by atoms with Crippen molar-refractivity contribution in [2.75, 3.05) is 27.3 Å². The van der Waals surface area contributed by atoms with Gasteiger partial charge in [0.15, 0.2) is 0 Å². The number of amides is 4. The molecule has 2 fully saturated rings.